The van der Waals surface area contributed by atoms with E-state index < -0.39 is 0 Å². The summed E-state index contributed by atoms with van der Waals surface area (Å²) < 4.78 is 1.73. The molecule has 1 fully saturated rings. The molecule has 6 nitrogen and oxygen atoms in total. The fraction of sp³-hybridized carbons (Fsp3) is 0.250. The van der Waals surface area contributed by atoms with Crippen LogP contribution in [0.5, 0.6) is 0 Å². The van der Waals surface area contributed by atoms with Crippen LogP contribution in [0.1, 0.15) is 37.2 Å². The fourth-order valence-electron chi connectivity index (χ4n) is 4.51. The molecular formula is C24H25ClN6. The minimum Gasteiger partial charge on any atom is -0.382 e. The zero-order valence-corrected chi connectivity index (χ0v) is 17.9. The quantitative estimate of drug-likeness (QED) is 0.403. The predicted octanol–water partition coefficient (Wildman–Crippen LogP) is 5.36. The minimum absolute atomic E-state index is 0.270. The monoisotopic (exact) mass is 432 g/mol. The molecule has 0 radical (unpaired) electrons. The van der Waals surface area contributed by atoms with Crippen molar-refractivity contribution in [3.05, 3.63) is 71.5 Å². The number of halogens is 1. The SMILES string of the molecule is Nc1nn2ccnc2c(Nc2cccc(-c3cccc(Cl)c3)c2)c1[C@H]1CC[C@H](N)CC1. The second-order valence-corrected chi connectivity index (χ2v) is 8.63. The van der Waals surface area contributed by atoms with E-state index in [0.29, 0.717) is 11.7 Å². The van der Waals surface area contributed by atoms with Crippen LogP contribution in [0.2, 0.25) is 5.02 Å². The molecule has 31 heavy (non-hydrogen) atoms. The minimum atomic E-state index is 0.270. The molecule has 2 heterocycles. The van der Waals surface area contributed by atoms with E-state index in [1.54, 1.807) is 10.7 Å². The number of nitrogens with two attached hydrogens (primary N) is 2. The van der Waals surface area contributed by atoms with Gasteiger partial charge in [0, 0.05) is 34.7 Å². The van der Waals surface area contributed by atoms with Gasteiger partial charge < -0.3 is 16.8 Å². The van der Waals surface area contributed by atoms with Crippen molar-refractivity contribution in [2.24, 2.45) is 5.73 Å². The Balaban J connectivity index is 1.57. The summed E-state index contributed by atoms with van der Waals surface area (Å²) in [4.78, 5) is 4.56. The lowest BCUT2D eigenvalue weighted by atomic mass is 9.81. The molecule has 1 aliphatic carbocycles. The topological polar surface area (TPSA) is 94.3 Å². The van der Waals surface area contributed by atoms with Crippen LogP contribution >= 0.6 is 11.6 Å². The van der Waals surface area contributed by atoms with E-state index in [2.05, 4.69) is 33.6 Å². The van der Waals surface area contributed by atoms with Crippen LogP contribution in [-0.2, 0) is 0 Å². The van der Waals surface area contributed by atoms with Gasteiger partial charge >= 0.3 is 0 Å². The highest BCUT2D eigenvalue weighted by molar-refractivity contribution is 6.30. The van der Waals surface area contributed by atoms with E-state index in [0.717, 1.165) is 64.4 Å². The Bertz CT molecular complexity index is 1230. The van der Waals surface area contributed by atoms with Gasteiger partial charge in [-0.05, 0) is 67.0 Å². The molecular weight excluding hydrogens is 408 g/mol. The molecule has 0 atom stereocenters. The average Bonchev–Trinajstić information content (AvgIpc) is 3.23. The molecule has 1 aliphatic rings. The lowest BCUT2D eigenvalue weighted by Crippen LogP contribution is -2.26. The number of fused-ring (bicyclic) bond motifs is 1. The first-order valence-electron chi connectivity index (χ1n) is 10.6. The highest BCUT2D eigenvalue weighted by Crippen LogP contribution is 2.41. The van der Waals surface area contributed by atoms with Crippen LogP contribution in [0.4, 0.5) is 17.2 Å². The Kier molecular flexibility index (Phi) is 5.26. The fourth-order valence-corrected chi connectivity index (χ4v) is 4.70. The molecule has 0 aliphatic heterocycles. The number of benzene rings is 2. The average molecular weight is 433 g/mol. The summed E-state index contributed by atoms with van der Waals surface area (Å²) >= 11 is 6.20. The Morgan fingerprint density at radius 3 is 2.52 bits per heavy atom. The van der Waals surface area contributed by atoms with Gasteiger partial charge in [-0.25, -0.2) is 9.50 Å². The first-order chi connectivity index (χ1) is 15.1. The van der Waals surface area contributed by atoms with E-state index in [-0.39, 0.29) is 6.04 Å². The van der Waals surface area contributed by atoms with Gasteiger partial charge in [-0.2, -0.15) is 0 Å². The van der Waals surface area contributed by atoms with Gasteiger partial charge in [0.25, 0.3) is 0 Å². The second kappa shape index (κ2) is 8.21. The maximum Gasteiger partial charge on any atom is 0.177 e. The first-order valence-corrected chi connectivity index (χ1v) is 11.0. The molecule has 0 spiro atoms. The Morgan fingerprint density at radius 1 is 1.00 bits per heavy atom. The highest BCUT2D eigenvalue weighted by atomic mass is 35.5. The third kappa shape index (κ3) is 3.96. The standard InChI is InChI=1S/C24H25ClN6/c25-18-5-1-3-16(13-18)17-4-2-6-20(14-17)29-22-21(15-7-9-19(26)10-8-15)23(27)30-31-12-11-28-24(22)31/h1-6,11-15,19,29H,7-10,26H2,(H2,27,30)/t15-,19-. The van der Waals surface area contributed by atoms with Crippen LogP contribution in [0.25, 0.3) is 16.8 Å². The predicted molar refractivity (Wildman–Crippen MR) is 127 cm³/mol. The van der Waals surface area contributed by atoms with Gasteiger partial charge in [0.15, 0.2) is 5.65 Å². The summed E-state index contributed by atoms with van der Waals surface area (Å²) in [5.41, 5.74) is 18.4. The Hall–Kier alpha value is -3.09. The van der Waals surface area contributed by atoms with Gasteiger partial charge in [0.05, 0.1) is 5.69 Å². The lowest BCUT2D eigenvalue weighted by molar-refractivity contribution is 0.396. The van der Waals surface area contributed by atoms with E-state index in [9.17, 15) is 0 Å². The molecule has 7 heteroatoms. The number of nitrogens with one attached hydrogen (secondary N) is 1. The van der Waals surface area contributed by atoms with E-state index in [4.69, 9.17) is 23.1 Å². The number of imidazole rings is 1. The summed E-state index contributed by atoms with van der Waals surface area (Å²) in [7, 11) is 0. The Morgan fingerprint density at radius 2 is 1.74 bits per heavy atom. The lowest BCUT2D eigenvalue weighted by Gasteiger charge is -2.28. The summed E-state index contributed by atoms with van der Waals surface area (Å²) in [6.45, 7) is 0. The van der Waals surface area contributed by atoms with Crippen molar-refractivity contribution >= 4 is 34.4 Å². The number of aromatic nitrogens is 3. The number of nitrogens with zero attached hydrogens (tertiary/aromatic N) is 3. The molecule has 4 aromatic rings. The molecule has 158 valence electrons. The van der Waals surface area contributed by atoms with Crippen LogP contribution in [0.15, 0.2) is 60.9 Å². The largest absolute Gasteiger partial charge is 0.382 e. The van der Waals surface area contributed by atoms with Crippen molar-refractivity contribution in [3.8, 4) is 11.1 Å². The maximum atomic E-state index is 6.46. The molecule has 0 unspecified atom stereocenters. The van der Waals surface area contributed by atoms with Crippen LogP contribution < -0.4 is 16.8 Å². The van der Waals surface area contributed by atoms with Crippen LogP contribution in [0, 0.1) is 0 Å². The van der Waals surface area contributed by atoms with Crippen LogP contribution in [0.3, 0.4) is 0 Å². The number of rotatable bonds is 4. The summed E-state index contributed by atoms with van der Waals surface area (Å²) in [6, 6.07) is 16.4. The molecule has 0 saturated heterocycles. The summed E-state index contributed by atoms with van der Waals surface area (Å²) in [6.07, 6.45) is 7.55. The van der Waals surface area contributed by atoms with Crippen molar-refractivity contribution in [1.29, 1.82) is 0 Å². The highest BCUT2D eigenvalue weighted by Gasteiger charge is 2.27. The van der Waals surface area contributed by atoms with Crippen molar-refractivity contribution in [2.45, 2.75) is 37.6 Å². The molecule has 1 saturated carbocycles. The van der Waals surface area contributed by atoms with Crippen LogP contribution in [-0.4, -0.2) is 20.6 Å². The van der Waals surface area contributed by atoms with Crippen molar-refractivity contribution < 1.29 is 0 Å². The van der Waals surface area contributed by atoms with Crippen molar-refractivity contribution in [1.82, 2.24) is 14.6 Å². The van der Waals surface area contributed by atoms with Gasteiger partial charge in [0.1, 0.15) is 5.82 Å². The zero-order valence-electron chi connectivity index (χ0n) is 17.1. The van der Waals surface area contributed by atoms with Gasteiger partial charge in [0.2, 0.25) is 0 Å². The number of hydrogen-bond donors (Lipinski definition) is 3. The molecule has 5 N–H and O–H groups in total. The molecule has 2 aromatic heterocycles. The molecule has 5 rings (SSSR count). The first kappa shape index (κ1) is 19.8. The molecule has 0 bridgehead atoms. The zero-order chi connectivity index (χ0) is 21.4. The smallest absolute Gasteiger partial charge is 0.177 e. The second-order valence-electron chi connectivity index (χ2n) is 8.20. The van der Waals surface area contributed by atoms with Crippen molar-refractivity contribution in [2.75, 3.05) is 11.1 Å². The Labute approximate surface area is 186 Å². The number of anilines is 3. The van der Waals surface area contributed by atoms with Crippen molar-refractivity contribution in [3.63, 3.8) is 0 Å². The normalized spacial score (nSPS) is 18.9. The van der Waals surface area contributed by atoms with E-state index >= 15 is 0 Å². The van der Waals surface area contributed by atoms with E-state index in [1.807, 2.05) is 36.5 Å². The van der Waals surface area contributed by atoms with E-state index in [1.165, 1.54) is 0 Å². The van der Waals surface area contributed by atoms with Gasteiger partial charge in [-0.1, -0.05) is 35.9 Å². The number of nitrogen functional groups attached to an aromatic ring is 1. The van der Waals surface area contributed by atoms with Gasteiger partial charge in [-0.15, -0.1) is 5.10 Å². The molecule has 2 aromatic carbocycles. The number of hydrogen-bond acceptors (Lipinski definition) is 5. The van der Waals surface area contributed by atoms with Gasteiger partial charge in [-0.3, -0.25) is 0 Å². The maximum absolute atomic E-state index is 6.46. The molecule has 0 amide bonds. The third-order valence-corrected chi connectivity index (χ3v) is 6.31. The summed E-state index contributed by atoms with van der Waals surface area (Å²) in [5.74, 6) is 0.854. The third-order valence-electron chi connectivity index (χ3n) is 6.08. The summed E-state index contributed by atoms with van der Waals surface area (Å²) in [5, 5.41) is 8.88.